The van der Waals surface area contributed by atoms with Crippen LogP contribution in [-0.2, 0) is 40.7 Å². The standard InChI is InChI=1S/C28H23N5O.Pt/c1-16-10-19(12-22-21(16)8-9-32-14-18(3)30-27(22)32)34-20-11-17(2)26-23(13-20)28-31-24-6-4-5-7-25(24)33(28)15-29-26;/h4-7,10-11,14,29H,8-9,15H2,1-3H3;/q-2;+2. The van der Waals surface area contributed by atoms with E-state index in [2.05, 4.69) is 58.8 Å². The topological polar surface area (TPSA) is 56.9 Å². The first-order valence-corrected chi connectivity index (χ1v) is 11.6. The zero-order valence-electron chi connectivity index (χ0n) is 19.7. The number of ether oxygens (including phenoxy) is 1. The molecule has 2 aromatic heterocycles. The zero-order chi connectivity index (χ0) is 23.0. The van der Waals surface area contributed by atoms with Gasteiger partial charge in [0.1, 0.15) is 0 Å². The van der Waals surface area contributed by atoms with Crippen LogP contribution in [0.3, 0.4) is 0 Å². The van der Waals surface area contributed by atoms with Crippen LogP contribution in [0.5, 0.6) is 11.5 Å². The minimum absolute atomic E-state index is 0. The quantitative estimate of drug-likeness (QED) is 0.247. The van der Waals surface area contributed by atoms with Gasteiger partial charge in [-0.25, -0.2) is 0 Å². The van der Waals surface area contributed by atoms with Crippen LogP contribution in [0.25, 0.3) is 33.8 Å². The fourth-order valence-corrected chi connectivity index (χ4v) is 5.27. The normalized spacial score (nSPS) is 13.2. The monoisotopic (exact) mass is 640 g/mol. The third kappa shape index (κ3) is 3.42. The number of rotatable bonds is 2. The fourth-order valence-electron chi connectivity index (χ4n) is 5.27. The fraction of sp³-hybridized carbons (Fsp3) is 0.214. The molecule has 7 rings (SSSR count). The Balaban J connectivity index is 0.00000229. The molecule has 0 saturated carbocycles. The Morgan fingerprint density at radius 3 is 2.57 bits per heavy atom. The van der Waals surface area contributed by atoms with Crippen molar-refractivity contribution in [3.05, 3.63) is 77.1 Å². The molecule has 3 aromatic carbocycles. The van der Waals surface area contributed by atoms with Crippen molar-refractivity contribution < 1.29 is 25.8 Å². The first kappa shape index (κ1) is 22.1. The second-order valence-corrected chi connectivity index (χ2v) is 9.18. The van der Waals surface area contributed by atoms with E-state index in [1.807, 2.05) is 31.2 Å². The van der Waals surface area contributed by atoms with Gasteiger partial charge in [-0.05, 0) is 31.2 Å². The molecule has 0 fully saturated rings. The van der Waals surface area contributed by atoms with Crippen LogP contribution in [0.15, 0.2) is 42.6 Å². The zero-order valence-corrected chi connectivity index (χ0v) is 21.9. The maximum atomic E-state index is 6.37. The number of imidazole rings is 2. The SMILES string of the molecule is Cc1cn2c(n1)-c1[c-]c(Oc3[c-]c4c(c(C)c3)NCn3c-4nc4ccccc43)cc(C)c1CC2.[Pt+2]. The van der Waals surface area contributed by atoms with Gasteiger partial charge in [0, 0.05) is 29.9 Å². The van der Waals surface area contributed by atoms with Crippen molar-refractivity contribution in [3.8, 4) is 34.3 Å². The molecule has 1 N–H and O–H groups in total. The van der Waals surface area contributed by atoms with Crippen LogP contribution in [-0.4, -0.2) is 19.1 Å². The minimum atomic E-state index is 0. The summed E-state index contributed by atoms with van der Waals surface area (Å²) in [6.07, 6.45) is 3.08. The summed E-state index contributed by atoms with van der Waals surface area (Å²) in [7, 11) is 0. The molecule has 0 spiro atoms. The van der Waals surface area contributed by atoms with Crippen molar-refractivity contribution in [3.63, 3.8) is 0 Å². The number of nitrogens with one attached hydrogen (secondary N) is 1. The van der Waals surface area contributed by atoms with Crippen LogP contribution in [0.2, 0.25) is 0 Å². The van der Waals surface area contributed by atoms with E-state index in [4.69, 9.17) is 14.7 Å². The molecule has 7 heteroatoms. The summed E-state index contributed by atoms with van der Waals surface area (Å²) in [4.78, 5) is 9.65. The van der Waals surface area contributed by atoms with Crippen LogP contribution in [0.1, 0.15) is 22.4 Å². The molecular formula is C28H23N5OPt. The van der Waals surface area contributed by atoms with Gasteiger partial charge in [-0.2, -0.15) is 0 Å². The van der Waals surface area contributed by atoms with Crippen LogP contribution in [0, 0.1) is 32.9 Å². The van der Waals surface area contributed by atoms with Crippen molar-refractivity contribution in [1.29, 1.82) is 0 Å². The number of aromatic nitrogens is 4. The van der Waals surface area contributed by atoms with Crippen LogP contribution < -0.4 is 10.1 Å². The van der Waals surface area contributed by atoms with Crippen molar-refractivity contribution in [2.45, 2.75) is 40.4 Å². The molecule has 176 valence electrons. The van der Waals surface area contributed by atoms with Gasteiger partial charge in [0.15, 0.2) is 0 Å². The molecule has 6 nitrogen and oxygen atoms in total. The van der Waals surface area contributed by atoms with E-state index in [1.54, 1.807) is 0 Å². The Morgan fingerprint density at radius 2 is 1.71 bits per heavy atom. The Morgan fingerprint density at radius 1 is 0.943 bits per heavy atom. The molecule has 0 amide bonds. The number of aryl methyl sites for hydroxylation is 4. The molecule has 0 saturated heterocycles. The number of fused-ring (bicyclic) bond motifs is 8. The Labute approximate surface area is 218 Å². The number of anilines is 1. The molecule has 2 aliphatic rings. The first-order valence-electron chi connectivity index (χ1n) is 11.6. The third-order valence-corrected chi connectivity index (χ3v) is 6.85. The van der Waals surface area contributed by atoms with Crippen molar-refractivity contribution in [2.24, 2.45) is 0 Å². The van der Waals surface area contributed by atoms with Crippen molar-refractivity contribution in [2.75, 3.05) is 5.32 Å². The first-order chi connectivity index (χ1) is 16.5. The van der Waals surface area contributed by atoms with Gasteiger partial charge >= 0.3 is 21.1 Å². The summed E-state index contributed by atoms with van der Waals surface area (Å²) in [5.41, 5.74) is 9.73. The number of nitrogens with zero attached hydrogens (tertiary/aromatic N) is 4. The predicted molar refractivity (Wildman–Crippen MR) is 132 cm³/mol. The van der Waals surface area contributed by atoms with Crippen LogP contribution in [0.4, 0.5) is 5.69 Å². The summed E-state index contributed by atoms with van der Waals surface area (Å²) in [6.45, 7) is 7.89. The van der Waals surface area contributed by atoms with Gasteiger partial charge in [-0.15, -0.1) is 22.3 Å². The van der Waals surface area contributed by atoms with Crippen molar-refractivity contribution in [1.82, 2.24) is 19.1 Å². The Bertz CT molecular complexity index is 1630. The second-order valence-electron chi connectivity index (χ2n) is 9.18. The molecule has 0 aliphatic carbocycles. The van der Waals surface area contributed by atoms with Gasteiger partial charge < -0.3 is 19.2 Å². The molecule has 5 aromatic rings. The minimum Gasteiger partial charge on any atom is -0.497 e. The summed E-state index contributed by atoms with van der Waals surface area (Å²) in [5, 5.41) is 3.54. The van der Waals surface area contributed by atoms with Crippen LogP contribution >= 0.6 is 0 Å². The van der Waals surface area contributed by atoms with E-state index in [0.717, 1.165) is 63.7 Å². The predicted octanol–water partition coefficient (Wildman–Crippen LogP) is 5.82. The maximum Gasteiger partial charge on any atom is 2.00 e. The number of hydrogen-bond donors (Lipinski definition) is 1. The van der Waals surface area contributed by atoms with Gasteiger partial charge in [0.2, 0.25) is 0 Å². The molecule has 0 atom stereocenters. The van der Waals surface area contributed by atoms with Gasteiger partial charge in [0.25, 0.3) is 0 Å². The van der Waals surface area contributed by atoms with E-state index in [1.165, 1.54) is 11.1 Å². The average molecular weight is 641 g/mol. The summed E-state index contributed by atoms with van der Waals surface area (Å²) in [6, 6.07) is 19.3. The summed E-state index contributed by atoms with van der Waals surface area (Å²) < 4.78 is 10.8. The molecule has 2 aliphatic heterocycles. The Hall–Kier alpha value is -3.37. The van der Waals surface area contributed by atoms with E-state index in [9.17, 15) is 0 Å². The number of benzene rings is 3. The van der Waals surface area contributed by atoms with E-state index in [-0.39, 0.29) is 21.1 Å². The van der Waals surface area contributed by atoms with E-state index >= 15 is 0 Å². The third-order valence-electron chi connectivity index (χ3n) is 6.85. The molecule has 4 heterocycles. The van der Waals surface area contributed by atoms with Gasteiger partial charge in [-0.3, -0.25) is 9.97 Å². The molecule has 0 bridgehead atoms. The largest absolute Gasteiger partial charge is 2.00 e. The molecular weight excluding hydrogens is 617 g/mol. The molecule has 0 unspecified atom stereocenters. The second kappa shape index (κ2) is 8.10. The Kier molecular flexibility index (Phi) is 5.12. The van der Waals surface area contributed by atoms with Gasteiger partial charge in [-0.1, -0.05) is 55.8 Å². The summed E-state index contributed by atoms with van der Waals surface area (Å²) >= 11 is 0. The smallest absolute Gasteiger partial charge is 0.497 e. The maximum absolute atomic E-state index is 6.37. The average Bonchev–Trinajstić information content (AvgIpc) is 3.39. The molecule has 35 heavy (non-hydrogen) atoms. The number of hydrogen-bond acceptors (Lipinski definition) is 4. The van der Waals surface area contributed by atoms with Crippen molar-refractivity contribution >= 4 is 16.7 Å². The van der Waals surface area contributed by atoms with Gasteiger partial charge in [0.05, 0.1) is 29.4 Å². The van der Waals surface area contributed by atoms with E-state index in [0.29, 0.717) is 18.2 Å². The summed E-state index contributed by atoms with van der Waals surface area (Å²) in [5.74, 6) is 3.21. The molecule has 0 radical (unpaired) electrons. The van der Waals surface area contributed by atoms with E-state index < -0.39 is 0 Å². The number of para-hydroxylation sites is 2.